The van der Waals surface area contributed by atoms with Crippen molar-refractivity contribution in [2.45, 2.75) is 33.0 Å². The monoisotopic (exact) mass is 418 g/mol. The molecule has 154 valence electrons. The number of nitrogens with zero attached hydrogens (tertiary/aromatic N) is 2. The van der Waals surface area contributed by atoms with Crippen LogP contribution in [-0.4, -0.2) is 45.8 Å². The number of halogens is 1. The van der Waals surface area contributed by atoms with Crippen LogP contribution >= 0.6 is 11.6 Å². The number of aliphatic hydroxyl groups excluding tert-OH is 2. The summed E-state index contributed by atoms with van der Waals surface area (Å²) in [5.41, 5.74) is 2.20. The minimum atomic E-state index is -0.944. The van der Waals surface area contributed by atoms with E-state index < -0.39 is 6.10 Å². The van der Waals surface area contributed by atoms with E-state index in [1.54, 1.807) is 24.3 Å². The Kier molecular flexibility index (Phi) is 6.74. The fraction of sp³-hybridized carbons (Fsp3) is 0.333. The molecule has 2 N–H and O–H groups in total. The van der Waals surface area contributed by atoms with Crippen molar-refractivity contribution in [3.8, 4) is 34.3 Å². The van der Waals surface area contributed by atoms with Crippen LogP contribution in [0.15, 0.2) is 40.9 Å². The number of hydrogen-bond acceptors (Lipinski definition) is 7. The molecule has 1 atom stereocenters. The van der Waals surface area contributed by atoms with Gasteiger partial charge in [-0.15, -0.1) is 0 Å². The van der Waals surface area contributed by atoms with Crippen molar-refractivity contribution in [2.75, 3.05) is 13.2 Å². The highest BCUT2D eigenvalue weighted by atomic mass is 35.5. The summed E-state index contributed by atoms with van der Waals surface area (Å²) < 4.78 is 16.7. The topological polar surface area (TPSA) is 97.8 Å². The zero-order valence-corrected chi connectivity index (χ0v) is 17.2. The second-order valence-electron chi connectivity index (χ2n) is 6.81. The Morgan fingerprint density at radius 3 is 2.66 bits per heavy atom. The maximum Gasteiger partial charge on any atom is 0.258 e. The second-order valence-corrected chi connectivity index (χ2v) is 7.22. The third kappa shape index (κ3) is 5.06. The Morgan fingerprint density at radius 2 is 1.97 bits per heavy atom. The van der Waals surface area contributed by atoms with E-state index in [0.717, 1.165) is 5.56 Å². The van der Waals surface area contributed by atoms with E-state index in [9.17, 15) is 5.11 Å². The molecule has 0 spiro atoms. The quantitative estimate of drug-likeness (QED) is 0.572. The Morgan fingerprint density at radius 1 is 1.17 bits per heavy atom. The maximum absolute atomic E-state index is 9.48. The van der Waals surface area contributed by atoms with Crippen LogP contribution in [0.4, 0.5) is 0 Å². The Bertz CT molecular complexity index is 973. The lowest BCUT2D eigenvalue weighted by molar-refractivity contribution is 0.0534. The average Bonchev–Trinajstić information content (AvgIpc) is 3.18. The van der Waals surface area contributed by atoms with Crippen LogP contribution in [0, 0.1) is 6.92 Å². The molecule has 0 unspecified atom stereocenters. The fourth-order valence-corrected chi connectivity index (χ4v) is 2.91. The van der Waals surface area contributed by atoms with Crippen LogP contribution in [0.5, 0.6) is 11.5 Å². The molecule has 0 saturated carbocycles. The van der Waals surface area contributed by atoms with Crippen LogP contribution in [0.1, 0.15) is 19.4 Å². The summed E-state index contributed by atoms with van der Waals surface area (Å²) in [5.74, 6) is 1.90. The van der Waals surface area contributed by atoms with Crippen LogP contribution in [0.25, 0.3) is 22.8 Å². The smallest absolute Gasteiger partial charge is 0.258 e. The van der Waals surface area contributed by atoms with Crippen molar-refractivity contribution in [1.82, 2.24) is 10.1 Å². The van der Waals surface area contributed by atoms with Crippen LogP contribution in [0.2, 0.25) is 5.02 Å². The van der Waals surface area contributed by atoms with Gasteiger partial charge in [0.15, 0.2) is 0 Å². The first-order chi connectivity index (χ1) is 13.9. The molecule has 3 rings (SSSR count). The molecular weight excluding hydrogens is 396 g/mol. The summed E-state index contributed by atoms with van der Waals surface area (Å²) in [6.45, 7) is 5.34. The lowest BCUT2D eigenvalue weighted by atomic mass is 10.1. The largest absolute Gasteiger partial charge is 0.491 e. The molecule has 0 fully saturated rings. The van der Waals surface area contributed by atoms with Gasteiger partial charge in [0.05, 0.1) is 17.7 Å². The van der Waals surface area contributed by atoms with Crippen molar-refractivity contribution >= 4 is 11.6 Å². The van der Waals surface area contributed by atoms with Crippen LogP contribution < -0.4 is 9.47 Å². The number of aromatic nitrogens is 2. The number of benzene rings is 2. The molecule has 1 heterocycles. The van der Waals surface area contributed by atoms with Crippen molar-refractivity contribution < 1.29 is 24.2 Å². The second kappa shape index (κ2) is 9.26. The summed E-state index contributed by atoms with van der Waals surface area (Å²) in [4.78, 5) is 4.47. The number of ether oxygens (including phenoxy) is 2. The standard InChI is InChI=1S/C21H23ClN2O5/c1-12(2)28-19-8-7-14(9-17(19)22)20-23-21(29-24-20)16-5-4-6-18(13(16)3)27-11-15(26)10-25/h4-9,12,15,25-26H,10-11H2,1-3H3/t15-/m1/s1. The summed E-state index contributed by atoms with van der Waals surface area (Å²) in [6.07, 6.45) is -0.924. The zero-order valence-electron chi connectivity index (χ0n) is 16.4. The van der Waals surface area contributed by atoms with Gasteiger partial charge in [0.1, 0.15) is 24.2 Å². The highest BCUT2D eigenvalue weighted by Crippen LogP contribution is 2.33. The Labute approximate surface area is 173 Å². The first-order valence-electron chi connectivity index (χ1n) is 9.21. The molecule has 3 aromatic rings. The predicted octanol–water partition coefficient (Wildman–Crippen LogP) is 3.88. The first kappa shape index (κ1) is 21.1. The van der Waals surface area contributed by atoms with Crippen LogP contribution in [-0.2, 0) is 0 Å². The highest BCUT2D eigenvalue weighted by Gasteiger charge is 2.16. The molecular formula is C21H23ClN2O5. The predicted molar refractivity (Wildman–Crippen MR) is 109 cm³/mol. The molecule has 0 aliphatic carbocycles. The van der Waals surface area contributed by atoms with Gasteiger partial charge in [0.2, 0.25) is 5.82 Å². The number of aliphatic hydroxyl groups is 2. The minimum Gasteiger partial charge on any atom is -0.491 e. The summed E-state index contributed by atoms with van der Waals surface area (Å²) in [7, 11) is 0. The lowest BCUT2D eigenvalue weighted by Gasteiger charge is -2.13. The van der Waals surface area contributed by atoms with Gasteiger partial charge in [-0.05, 0) is 51.1 Å². The van der Waals surface area contributed by atoms with E-state index in [0.29, 0.717) is 39.4 Å². The van der Waals surface area contributed by atoms with E-state index in [1.165, 1.54) is 0 Å². The Hall–Kier alpha value is -2.61. The molecule has 0 bridgehead atoms. The van der Waals surface area contributed by atoms with Gasteiger partial charge in [-0.2, -0.15) is 4.98 Å². The summed E-state index contributed by atoms with van der Waals surface area (Å²) in [6, 6.07) is 10.7. The zero-order chi connectivity index (χ0) is 21.0. The van der Waals surface area contributed by atoms with Gasteiger partial charge in [-0.25, -0.2) is 0 Å². The molecule has 2 aromatic carbocycles. The third-order valence-corrected chi connectivity index (χ3v) is 4.43. The van der Waals surface area contributed by atoms with E-state index in [2.05, 4.69) is 10.1 Å². The van der Waals surface area contributed by atoms with Gasteiger partial charge in [-0.1, -0.05) is 22.8 Å². The van der Waals surface area contributed by atoms with Gasteiger partial charge in [-0.3, -0.25) is 0 Å². The summed E-state index contributed by atoms with van der Waals surface area (Å²) >= 11 is 6.30. The van der Waals surface area contributed by atoms with Crippen molar-refractivity contribution in [2.24, 2.45) is 0 Å². The van der Waals surface area contributed by atoms with Gasteiger partial charge >= 0.3 is 0 Å². The maximum atomic E-state index is 9.48. The Balaban J connectivity index is 1.84. The van der Waals surface area contributed by atoms with E-state index in [-0.39, 0.29) is 19.3 Å². The molecule has 1 aromatic heterocycles. The molecule has 0 radical (unpaired) electrons. The van der Waals surface area contributed by atoms with E-state index in [4.69, 9.17) is 30.7 Å². The highest BCUT2D eigenvalue weighted by molar-refractivity contribution is 6.32. The lowest BCUT2D eigenvalue weighted by Crippen LogP contribution is -2.21. The van der Waals surface area contributed by atoms with Gasteiger partial charge in [0, 0.05) is 16.7 Å². The average molecular weight is 419 g/mol. The molecule has 0 amide bonds. The molecule has 29 heavy (non-hydrogen) atoms. The van der Waals surface area contributed by atoms with Crippen molar-refractivity contribution in [3.05, 3.63) is 47.0 Å². The SMILES string of the molecule is Cc1c(OC[C@H](O)CO)cccc1-c1nc(-c2ccc(OC(C)C)c(Cl)c2)no1. The van der Waals surface area contributed by atoms with Crippen molar-refractivity contribution in [3.63, 3.8) is 0 Å². The molecule has 0 saturated heterocycles. The summed E-state index contributed by atoms with van der Waals surface area (Å²) in [5, 5.41) is 22.9. The number of hydrogen-bond donors (Lipinski definition) is 2. The third-order valence-electron chi connectivity index (χ3n) is 4.14. The van der Waals surface area contributed by atoms with Gasteiger partial charge < -0.3 is 24.2 Å². The minimum absolute atomic E-state index is 0.0147. The first-order valence-corrected chi connectivity index (χ1v) is 9.58. The van der Waals surface area contributed by atoms with Crippen LogP contribution in [0.3, 0.4) is 0 Å². The fourth-order valence-electron chi connectivity index (χ4n) is 2.68. The van der Waals surface area contributed by atoms with Crippen molar-refractivity contribution in [1.29, 1.82) is 0 Å². The van der Waals surface area contributed by atoms with Gasteiger partial charge in [0.25, 0.3) is 5.89 Å². The molecule has 0 aliphatic heterocycles. The molecule has 7 nitrogen and oxygen atoms in total. The van der Waals surface area contributed by atoms with E-state index in [1.807, 2.05) is 32.9 Å². The number of rotatable bonds is 8. The molecule has 0 aliphatic rings. The van der Waals surface area contributed by atoms with E-state index >= 15 is 0 Å². The molecule has 8 heteroatoms. The normalized spacial score (nSPS) is 12.2.